The van der Waals surface area contributed by atoms with E-state index in [0.717, 1.165) is 25.9 Å². The van der Waals surface area contributed by atoms with Gasteiger partial charge in [0.05, 0.1) is 12.7 Å². The van der Waals surface area contributed by atoms with Crippen LogP contribution in [0.1, 0.15) is 39.0 Å². The summed E-state index contributed by atoms with van der Waals surface area (Å²) in [6, 6.07) is 0. The molecule has 4 heteroatoms. The number of nitrogens with zero attached hydrogens (tertiary/aromatic N) is 1. The lowest BCUT2D eigenvalue weighted by atomic mass is 10.1. The van der Waals surface area contributed by atoms with E-state index < -0.39 is 0 Å². The van der Waals surface area contributed by atoms with Crippen LogP contribution in [0, 0.1) is 0 Å². The summed E-state index contributed by atoms with van der Waals surface area (Å²) in [5.41, 5.74) is 0. The summed E-state index contributed by atoms with van der Waals surface area (Å²) in [5.74, 6) is -0.0686. The van der Waals surface area contributed by atoms with Crippen LogP contribution in [0.4, 0.5) is 0 Å². The zero-order valence-corrected chi connectivity index (χ0v) is 11.1. The summed E-state index contributed by atoms with van der Waals surface area (Å²) < 4.78 is 10.3. The molecule has 1 saturated heterocycles. The number of unbranched alkanes of at least 4 members (excludes halogenated alkanes) is 1. The van der Waals surface area contributed by atoms with Gasteiger partial charge in [0.2, 0.25) is 0 Å². The third kappa shape index (κ3) is 6.03. The van der Waals surface area contributed by atoms with Gasteiger partial charge in [-0.1, -0.05) is 0 Å². The second-order valence-electron chi connectivity index (χ2n) is 4.56. The average molecular weight is 243 g/mol. The average Bonchev–Trinajstić information content (AvgIpc) is 2.35. The standard InChI is InChI=1S/C13H25NO3/c1-3-17-13(15)8-4-5-9-14-10-6-7-12(11-14)16-2/h12H,3-11H2,1-2H3. The highest BCUT2D eigenvalue weighted by Gasteiger charge is 2.18. The molecule has 1 atom stereocenters. The summed E-state index contributed by atoms with van der Waals surface area (Å²) in [6.45, 7) is 5.60. The maximum atomic E-state index is 11.1. The number of hydrogen-bond acceptors (Lipinski definition) is 4. The zero-order chi connectivity index (χ0) is 12.5. The van der Waals surface area contributed by atoms with Crippen molar-refractivity contribution < 1.29 is 14.3 Å². The molecule has 0 aromatic heterocycles. The monoisotopic (exact) mass is 243 g/mol. The van der Waals surface area contributed by atoms with Crippen molar-refractivity contribution in [2.75, 3.05) is 33.4 Å². The van der Waals surface area contributed by atoms with Gasteiger partial charge in [-0.2, -0.15) is 0 Å². The molecule has 0 spiro atoms. The van der Waals surface area contributed by atoms with Crippen molar-refractivity contribution in [2.24, 2.45) is 0 Å². The summed E-state index contributed by atoms with van der Waals surface area (Å²) >= 11 is 0. The van der Waals surface area contributed by atoms with E-state index in [-0.39, 0.29) is 5.97 Å². The van der Waals surface area contributed by atoms with E-state index in [4.69, 9.17) is 9.47 Å². The van der Waals surface area contributed by atoms with E-state index in [2.05, 4.69) is 4.90 Å². The molecular weight excluding hydrogens is 218 g/mol. The van der Waals surface area contributed by atoms with Gasteiger partial charge in [0.15, 0.2) is 0 Å². The Bertz CT molecular complexity index is 221. The molecule has 0 saturated carbocycles. The van der Waals surface area contributed by atoms with Crippen molar-refractivity contribution in [3.63, 3.8) is 0 Å². The van der Waals surface area contributed by atoms with E-state index in [1.54, 1.807) is 7.11 Å². The number of ether oxygens (including phenoxy) is 2. The van der Waals surface area contributed by atoms with Crippen LogP contribution in [0.5, 0.6) is 0 Å². The Balaban J connectivity index is 2.04. The maximum Gasteiger partial charge on any atom is 0.305 e. The summed E-state index contributed by atoms with van der Waals surface area (Å²) in [6.07, 6.45) is 5.33. The second-order valence-corrected chi connectivity index (χ2v) is 4.56. The van der Waals surface area contributed by atoms with Crippen LogP contribution < -0.4 is 0 Å². The van der Waals surface area contributed by atoms with Gasteiger partial charge >= 0.3 is 5.97 Å². The molecule has 4 nitrogen and oxygen atoms in total. The van der Waals surface area contributed by atoms with Crippen LogP contribution in [-0.4, -0.2) is 50.3 Å². The summed E-state index contributed by atoms with van der Waals surface area (Å²) in [7, 11) is 1.79. The highest BCUT2D eigenvalue weighted by Crippen LogP contribution is 2.13. The normalized spacial score (nSPS) is 21.4. The van der Waals surface area contributed by atoms with Crippen molar-refractivity contribution in [1.82, 2.24) is 4.90 Å². The number of rotatable bonds is 7. The Labute approximate surface area is 104 Å². The van der Waals surface area contributed by atoms with Gasteiger partial charge in [0, 0.05) is 20.1 Å². The van der Waals surface area contributed by atoms with Gasteiger partial charge in [0.25, 0.3) is 0 Å². The fourth-order valence-electron chi connectivity index (χ4n) is 2.25. The first-order chi connectivity index (χ1) is 8.26. The van der Waals surface area contributed by atoms with Gasteiger partial charge < -0.3 is 14.4 Å². The van der Waals surface area contributed by atoms with Crippen molar-refractivity contribution >= 4 is 5.97 Å². The number of likely N-dealkylation sites (tertiary alicyclic amines) is 1. The summed E-state index contributed by atoms with van der Waals surface area (Å²) in [4.78, 5) is 13.6. The Hall–Kier alpha value is -0.610. The molecule has 1 rings (SSSR count). The third-order valence-electron chi connectivity index (χ3n) is 3.21. The topological polar surface area (TPSA) is 38.8 Å². The van der Waals surface area contributed by atoms with Gasteiger partial charge in [-0.05, 0) is 45.7 Å². The van der Waals surface area contributed by atoms with Gasteiger partial charge in [-0.3, -0.25) is 4.79 Å². The lowest BCUT2D eigenvalue weighted by Crippen LogP contribution is -2.39. The minimum Gasteiger partial charge on any atom is -0.466 e. The fraction of sp³-hybridized carbons (Fsp3) is 0.923. The highest BCUT2D eigenvalue weighted by atomic mass is 16.5. The van der Waals surface area contributed by atoms with Crippen LogP contribution in [0.15, 0.2) is 0 Å². The molecule has 100 valence electrons. The molecule has 0 radical (unpaired) electrons. The second kappa shape index (κ2) is 8.48. The minimum absolute atomic E-state index is 0.0686. The number of esters is 1. The van der Waals surface area contributed by atoms with E-state index in [1.807, 2.05) is 6.92 Å². The van der Waals surface area contributed by atoms with E-state index in [1.165, 1.54) is 19.4 Å². The van der Waals surface area contributed by atoms with Crippen molar-refractivity contribution in [3.05, 3.63) is 0 Å². The molecule has 0 N–H and O–H groups in total. The molecule has 1 aliphatic rings. The third-order valence-corrected chi connectivity index (χ3v) is 3.21. The Morgan fingerprint density at radius 2 is 2.24 bits per heavy atom. The van der Waals surface area contributed by atoms with Crippen LogP contribution in [-0.2, 0) is 14.3 Å². The molecule has 1 heterocycles. The Morgan fingerprint density at radius 1 is 1.41 bits per heavy atom. The molecule has 1 aliphatic heterocycles. The molecule has 1 fully saturated rings. The lowest BCUT2D eigenvalue weighted by molar-refractivity contribution is -0.143. The molecule has 0 bridgehead atoms. The molecule has 1 unspecified atom stereocenters. The first kappa shape index (κ1) is 14.5. The number of piperidine rings is 1. The molecular formula is C13H25NO3. The molecule has 17 heavy (non-hydrogen) atoms. The van der Waals surface area contributed by atoms with Gasteiger partial charge in [-0.25, -0.2) is 0 Å². The number of carbonyl (C=O) groups excluding carboxylic acids is 1. The summed E-state index contributed by atoms with van der Waals surface area (Å²) in [5, 5.41) is 0. The molecule has 0 aliphatic carbocycles. The Morgan fingerprint density at radius 3 is 2.94 bits per heavy atom. The minimum atomic E-state index is -0.0686. The van der Waals surface area contributed by atoms with Crippen LogP contribution >= 0.6 is 0 Å². The maximum absolute atomic E-state index is 11.1. The van der Waals surface area contributed by atoms with Gasteiger partial charge in [0.1, 0.15) is 0 Å². The molecule has 0 aromatic rings. The smallest absolute Gasteiger partial charge is 0.305 e. The van der Waals surface area contributed by atoms with Crippen molar-refractivity contribution in [2.45, 2.75) is 45.1 Å². The number of hydrogen-bond donors (Lipinski definition) is 0. The first-order valence-electron chi connectivity index (χ1n) is 6.67. The van der Waals surface area contributed by atoms with E-state index in [9.17, 15) is 4.79 Å². The van der Waals surface area contributed by atoms with Crippen LogP contribution in [0.2, 0.25) is 0 Å². The number of methoxy groups -OCH3 is 1. The lowest BCUT2D eigenvalue weighted by Gasteiger charge is -2.31. The quantitative estimate of drug-likeness (QED) is 0.505. The predicted octanol–water partition coefficient (Wildman–Crippen LogP) is 1.83. The highest BCUT2D eigenvalue weighted by molar-refractivity contribution is 5.69. The zero-order valence-electron chi connectivity index (χ0n) is 11.1. The molecule has 0 aromatic carbocycles. The predicted molar refractivity (Wildman–Crippen MR) is 67.0 cm³/mol. The molecule has 0 amide bonds. The van der Waals surface area contributed by atoms with Crippen molar-refractivity contribution in [1.29, 1.82) is 0 Å². The van der Waals surface area contributed by atoms with Gasteiger partial charge in [-0.15, -0.1) is 0 Å². The first-order valence-corrected chi connectivity index (χ1v) is 6.67. The SMILES string of the molecule is CCOC(=O)CCCCN1CCCC(OC)C1. The van der Waals surface area contributed by atoms with E-state index in [0.29, 0.717) is 19.1 Å². The van der Waals surface area contributed by atoms with Crippen LogP contribution in [0.3, 0.4) is 0 Å². The fourth-order valence-corrected chi connectivity index (χ4v) is 2.25. The largest absolute Gasteiger partial charge is 0.466 e. The Kier molecular flexibility index (Phi) is 7.21. The van der Waals surface area contributed by atoms with Crippen molar-refractivity contribution in [3.8, 4) is 0 Å². The van der Waals surface area contributed by atoms with E-state index >= 15 is 0 Å². The number of carbonyl (C=O) groups is 1. The van der Waals surface area contributed by atoms with Crippen LogP contribution in [0.25, 0.3) is 0 Å².